The summed E-state index contributed by atoms with van der Waals surface area (Å²) in [6, 6.07) is 15.2. The molecule has 3 aromatic rings. The molecule has 18 nitrogen and oxygen atoms in total. The van der Waals surface area contributed by atoms with E-state index in [1.165, 1.54) is 48.3 Å². The summed E-state index contributed by atoms with van der Waals surface area (Å²) in [4.78, 5) is 55.9. The summed E-state index contributed by atoms with van der Waals surface area (Å²) in [7, 11) is 1.54. The molecule has 1 heterocycles. The van der Waals surface area contributed by atoms with E-state index in [4.69, 9.17) is 28.9 Å². The normalized spacial score (nSPS) is 22.6. The number of carbonyl (C=O) groups is 2. The maximum Gasteiger partial charge on any atom is 0.415 e. The molecule has 2 aliphatic carbocycles. The molecule has 3 N–H and O–H groups in total. The fraction of sp³-hybridized carbons (Fsp3) is 0.444. The highest BCUT2D eigenvalue weighted by molar-refractivity contribution is 6.03. The molecule has 1 saturated carbocycles. The molecular weight excluding hydrogens is 819 g/mol. The molecule has 1 fully saturated rings. The number of nitro benzene ring substituents is 2. The monoisotopic (exact) mass is 871 g/mol. The number of nitrogens with zero attached hydrogens (tertiary/aromatic N) is 4. The summed E-state index contributed by atoms with van der Waals surface area (Å²) < 4.78 is 25.5. The first-order valence-corrected chi connectivity index (χ1v) is 21.0. The molecule has 0 spiro atoms. The van der Waals surface area contributed by atoms with Crippen LogP contribution in [0.3, 0.4) is 0 Å². The Morgan fingerprint density at radius 3 is 2.24 bits per heavy atom. The maximum absolute atomic E-state index is 14.2. The van der Waals surface area contributed by atoms with Gasteiger partial charge in [-0.2, -0.15) is 0 Å². The van der Waals surface area contributed by atoms with Gasteiger partial charge in [0.25, 0.3) is 11.4 Å². The molecule has 2 amide bonds. The number of oxime groups is 1. The number of nitrogens with one attached hydrogen (secondary N) is 1. The number of hydrogen-bond donors (Lipinski definition) is 3. The van der Waals surface area contributed by atoms with Crippen LogP contribution in [0.2, 0.25) is 0 Å². The second-order valence-electron chi connectivity index (χ2n) is 15.6. The second-order valence-corrected chi connectivity index (χ2v) is 15.6. The highest BCUT2D eigenvalue weighted by atomic mass is 16.7. The Labute approximate surface area is 364 Å². The number of fused-ring (bicyclic) bond motifs is 2. The summed E-state index contributed by atoms with van der Waals surface area (Å²) in [5.41, 5.74) is 2.33. The van der Waals surface area contributed by atoms with Crippen LogP contribution in [0, 0.1) is 38.0 Å². The van der Waals surface area contributed by atoms with Gasteiger partial charge in [0, 0.05) is 69.0 Å². The van der Waals surface area contributed by atoms with E-state index in [0.717, 1.165) is 11.1 Å². The van der Waals surface area contributed by atoms with Crippen LogP contribution in [0.15, 0.2) is 96.2 Å². The molecule has 6 rings (SSSR count). The number of carbonyl (C=O) groups excluding carboxylic acids is 2. The minimum atomic E-state index is -1.62. The lowest BCUT2D eigenvalue weighted by Gasteiger charge is -2.59. The van der Waals surface area contributed by atoms with Crippen molar-refractivity contribution >= 4 is 29.3 Å². The molecule has 0 saturated heterocycles. The van der Waals surface area contributed by atoms with Gasteiger partial charge in [-0.25, -0.2) is 9.59 Å². The lowest BCUT2D eigenvalue weighted by Crippen LogP contribution is -2.69. The molecular formula is C45H53N5O13. The predicted molar refractivity (Wildman–Crippen MR) is 229 cm³/mol. The summed E-state index contributed by atoms with van der Waals surface area (Å²) in [5.74, 6) is -2.14. The van der Waals surface area contributed by atoms with E-state index >= 15 is 0 Å². The topological polar surface area (TPSA) is 235 Å². The number of likely N-dealkylation sites (N-methyl/N-ethyl adjacent to an activating group) is 1. The van der Waals surface area contributed by atoms with Gasteiger partial charge in [-0.3, -0.25) is 20.2 Å². The van der Waals surface area contributed by atoms with Crippen molar-refractivity contribution in [3.8, 4) is 17.2 Å². The molecule has 6 atom stereocenters. The van der Waals surface area contributed by atoms with Gasteiger partial charge in [-0.05, 0) is 98.0 Å². The summed E-state index contributed by atoms with van der Waals surface area (Å²) in [6.07, 6.45) is 6.22. The first-order chi connectivity index (χ1) is 30.4. The van der Waals surface area contributed by atoms with Crippen LogP contribution < -0.4 is 19.5 Å². The smallest absolute Gasteiger partial charge is 0.415 e. The minimum Gasteiger partial charge on any atom is -0.459 e. The van der Waals surface area contributed by atoms with Crippen molar-refractivity contribution in [3.63, 3.8) is 0 Å². The largest absolute Gasteiger partial charge is 0.459 e. The average molecular weight is 872 g/mol. The molecule has 0 bridgehead atoms. The number of allylic oxidation sites excluding steroid dienone is 1. The zero-order valence-corrected chi connectivity index (χ0v) is 35.3. The van der Waals surface area contributed by atoms with Crippen molar-refractivity contribution in [3.05, 3.63) is 122 Å². The highest BCUT2D eigenvalue weighted by Gasteiger charge is 2.65. The number of amides is 2. The molecule has 0 radical (unpaired) electrons. The first-order valence-electron chi connectivity index (χ1n) is 21.0. The Morgan fingerprint density at radius 1 is 0.952 bits per heavy atom. The Hall–Kier alpha value is -6.37. The van der Waals surface area contributed by atoms with E-state index in [0.29, 0.717) is 62.1 Å². The van der Waals surface area contributed by atoms with Gasteiger partial charge < -0.3 is 44.2 Å². The molecule has 18 heteroatoms. The van der Waals surface area contributed by atoms with Gasteiger partial charge in [0.2, 0.25) is 5.79 Å². The third kappa shape index (κ3) is 10.5. The predicted octanol–water partition coefficient (Wildman–Crippen LogP) is 7.58. The van der Waals surface area contributed by atoms with Crippen LogP contribution >= 0.6 is 0 Å². The second kappa shape index (κ2) is 21.1. The van der Waals surface area contributed by atoms with Crippen molar-refractivity contribution in [1.29, 1.82) is 0 Å². The third-order valence-electron chi connectivity index (χ3n) is 11.7. The molecule has 6 unspecified atom stereocenters. The number of rotatable bonds is 20. The van der Waals surface area contributed by atoms with Crippen LogP contribution in [-0.4, -0.2) is 88.1 Å². The number of benzene rings is 3. The minimum absolute atomic E-state index is 0.000337. The van der Waals surface area contributed by atoms with Crippen LogP contribution in [0.1, 0.15) is 68.9 Å². The molecule has 1 aliphatic heterocycles. The fourth-order valence-electron chi connectivity index (χ4n) is 8.91. The Balaban J connectivity index is 1.52. The zero-order chi connectivity index (χ0) is 45.1. The molecule has 3 aromatic carbocycles. The average Bonchev–Trinajstić information content (AvgIpc) is 3.27. The van der Waals surface area contributed by atoms with E-state index in [1.54, 1.807) is 43.3 Å². The van der Waals surface area contributed by atoms with Gasteiger partial charge in [0.1, 0.15) is 29.9 Å². The van der Waals surface area contributed by atoms with Crippen molar-refractivity contribution < 1.29 is 53.4 Å². The lowest BCUT2D eigenvalue weighted by molar-refractivity contribution is -0.385. The van der Waals surface area contributed by atoms with Gasteiger partial charge >= 0.3 is 12.2 Å². The number of non-ortho nitro benzene ring substituents is 2. The fourth-order valence-corrected chi connectivity index (χ4v) is 8.91. The number of aliphatic hydroxyl groups excluding tert-OH is 2. The summed E-state index contributed by atoms with van der Waals surface area (Å²) >= 11 is 0. The van der Waals surface area contributed by atoms with E-state index in [2.05, 4.69) is 18.0 Å². The maximum atomic E-state index is 14.2. The van der Waals surface area contributed by atoms with Crippen LogP contribution in [0.5, 0.6) is 17.2 Å². The quantitative estimate of drug-likeness (QED) is 0.0430. The number of unbranched alkanes of at least 4 members (excludes halogenated alkanes) is 2. The van der Waals surface area contributed by atoms with Crippen LogP contribution in [0.25, 0.3) is 0 Å². The summed E-state index contributed by atoms with van der Waals surface area (Å²) in [6.45, 7) is 6.05. The van der Waals surface area contributed by atoms with Gasteiger partial charge in [-0.15, -0.1) is 6.58 Å². The van der Waals surface area contributed by atoms with E-state index in [-0.39, 0.29) is 67.6 Å². The number of aliphatic hydroxyl groups is 2. The first kappa shape index (κ1) is 46.1. The van der Waals surface area contributed by atoms with E-state index in [9.17, 15) is 40.0 Å². The van der Waals surface area contributed by atoms with Crippen molar-refractivity contribution in [2.45, 2.75) is 76.2 Å². The lowest BCUT2D eigenvalue weighted by atomic mass is 9.55. The van der Waals surface area contributed by atoms with Crippen LogP contribution in [-0.2, 0) is 16.2 Å². The van der Waals surface area contributed by atoms with Crippen molar-refractivity contribution in [1.82, 2.24) is 10.2 Å². The zero-order valence-electron chi connectivity index (χ0n) is 35.3. The standard InChI is InChI=1S/C45H53N5O13/c1-4-24-59-45-40(48(3)44(54)62-33-18-16-32(17-19-33)50(57)58)27-38(47-60-28-29-12-14-31(15-13-29)49(55)56)36-25-30(10-6-8-22-51)35(11-7-9-23-52)41(42(36)45)37-26-34(20-21-39(37)63-45)61-43(53)46-5-2/h4,12-21,25-26,30,35,40-42,51-52H,1,5-11,22-24,27-28H2,2-3H3,(H,46,53). The van der Waals surface area contributed by atoms with Gasteiger partial charge in [0.05, 0.1) is 28.1 Å². The van der Waals surface area contributed by atoms with Gasteiger partial charge in [-0.1, -0.05) is 30.1 Å². The Kier molecular flexibility index (Phi) is 15.5. The highest BCUT2D eigenvalue weighted by Crippen LogP contribution is 2.62. The number of nitro groups is 2. The molecule has 336 valence electrons. The van der Waals surface area contributed by atoms with Crippen molar-refractivity contribution in [2.24, 2.45) is 22.9 Å². The number of ether oxygens (including phenoxy) is 4. The SMILES string of the molecule is C=CCOC12Oc3ccc(OC(=O)NCC)cc3C3C(CCCCO)C(CCCCO)C=C(C(=NOCc4ccc([N+](=O)[O-])cc4)CC1N(C)C(=O)Oc1ccc([N+](=O)[O-])cc1)C32. The Bertz CT molecular complexity index is 2180. The third-order valence-corrected chi connectivity index (χ3v) is 11.7. The Morgan fingerprint density at radius 2 is 1.60 bits per heavy atom. The van der Waals surface area contributed by atoms with Crippen molar-refractivity contribution in [2.75, 3.05) is 33.4 Å². The molecule has 0 aromatic heterocycles. The summed E-state index contributed by atoms with van der Waals surface area (Å²) in [5, 5.41) is 49.7. The van der Waals surface area contributed by atoms with Crippen LogP contribution in [0.4, 0.5) is 21.0 Å². The van der Waals surface area contributed by atoms with E-state index in [1.807, 2.05) is 0 Å². The molecule has 3 aliphatic rings. The van der Waals surface area contributed by atoms with E-state index < -0.39 is 45.7 Å². The number of hydrogen-bond acceptors (Lipinski definition) is 14. The molecule has 63 heavy (non-hydrogen) atoms. The van der Waals surface area contributed by atoms with Gasteiger partial charge in [0.15, 0.2) is 0 Å².